The van der Waals surface area contributed by atoms with Gasteiger partial charge in [0.15, 0.2) is 0 Å². The summed E-state index contributed by atoms with van der Waals surface area (Å²) in [4.78, 5) is 21.5. The lowest BCUT2D eigenvalue weighted by atomic mass is 10.2. The summed E-state index contributed by atoms with van der Waals surface area (Å²) in [7, 11) is 0. The van der Waals surface area contributed by atoms with E-state index >= 15 is 0 Å². The molecule has 0 saturated carbocycles. The summed E-state index contributed by atoms with van der Waals surface area (Å²) >= 11 is 0. The van der Waals surface area contributed by atoms with Gasteiger partial charge in [0, 0.05) is 18.7 Å². The first-order valence-electron chi connectivity index (χ1n) is 6.27. The maximum Gasteiger partial charge on any atom is 0.338 e. The zero-order valence-electron chi connectivity index (χ0n) is 11.3. The van der Waals surface area contributed by atoms with Gasteiger partial charge >= 0.3 is 5.97 Å². The average Bonchev–Trinajstić information content (AvgIpc) is 2.42. The minimum absolute atomic E-state index is 0. The van der Waals surface area contributed by atoms with Crippen molar-refractivity contribution in [3.05, 3.63) is 39.9 Å². The van der Waals surface area contributed by atoms with Gasteiger partial charge in [0.1, 0.15) is 6.61 Å². The lowest BCUT2D eigenvalue weighted by Crippen LogP contribution is -2.22. The highest BCUT2D eigenvalue weighted by Gasteiger charge is 2.10. The van der Waals surface area contributed by atoms with Gasteiger partial charge in [-0.3, -0.25) is 10.1 Å². The Kier molecular flexibility index (Phi) is 9.32. The number of unbranched alkanes of at least 4 members (excludes halogenated alkanes) is 1. The molecule has 0 atom stereocenters. The van der Waals surface area contributed by atoms with Crippen LogP contribution in [0.4, 0.5) is 5.69 Å². The van der Waals surface area contributed by atoms with Gasteiger partial charge in [0.2, 0.25) is 0 Å². The minimum Gasteiger partial charge on any atom is -0.461 e. The second-order valence-corrected chi connectivity index (χ2v) is 4.04. The first kappa shape index (κ1) is 18.3. The molecule has 0 fully saturated rings. The van der Waals surface area contributed by atoms with Crippen molar-refractivity contribution in [2.45, 2.75) is 19.8 Å². The van der Waals surface area contributed by atoms with Crippen LogP contribution >= 0.6 is 12.4 Å². The number of nitrogens with one attached hydrogen (secondary N) is 1. The molecule has 112 valence electrons. The van der Waals surface area contributed by atoms with Crippen LogP contribution in [0.15, 0.2) is 24.3 Å². The predicted octanol–water partition coefficient (Wildman–Crippen LogP) is 2.56. The molecule has 0 aliphatic heterocycles. The average molecular weight is 303 g/mol. The summed E-state index contributed by atoms with van der Waals surface area (Å²) in [5.74, 6) is -0.466. The number of halogens is 1. The van der Waals surface area contributed by atoms with E-state index in [1.807, 2.05) is 0 Å². The van der Waals surface area contributed by atoms with Gasteiger partial charge in [0.05, 0.1) is 10.5 Å². The van der Waals surface area contributed by atoms with E-state index in [4.69, 9.17) is 4.74 Å². The van der Waals surface area contributed by atoms with Crippen molar-refractivity contribution in [3.8, 4) is 0 Å². The van der Waals surface area contributed by atoms with Crippen LogP contribution < -0.4 is 5.32 Å². The van der Waals surface area contributed by atoms with Crippen molar-refractivity contribution >= 4 is 24.1 Å². The molecule has 0 aliphatic rings. The highest BCUT2D eigenvalue weighted by atomic mass is 35.5. The number of nitro groups is 1. The number of nitrogens with zero attached hydrogens (tertiary/aromatic N) is 1. The quantitative estimate of drug-likeness (QED) is 0.345. The first-order valence-corrected chi connectivity index (χ1v) is 6.27. The number of hydrogen-bond acceptors (Lipinski definition) is 5. The number of esters is 1. The summed E-state index contributed by atoms with van der Waals surface area (Å²) in [5.41, 5.74) is 0.275. The second-order valence-electron chi connectivity index (χ2n) is 4.04. The van der Waals surface area contributed by atoms with Crippen LogP contribution in [-0.2, 0) is 4.74 Å². The molecule has 1 aromatic carbocycles. The lowest BCUT2D eigenvalue weighted by Gasteiger charge is -2.06. The van der Waals surface area contributed by atoms with Crippen molar-refractivity contribution < 1.29 is 14.5 Å². The van der Waals surface area contributed by atoms with E-state index in [0.29, 0.717) is 18.7 Å². The molecule has 0 unspecified atom stereocenters. The second kappa shape index (κ2) is 10.2. The molecule has 0 bridgehead atoms. The summed E-state index contributed by atoms with van der Waals surface area (Å²) in [5, 5.41) is 13.6. The van der Waals surface area contributed by atoms with Crippen LogP contribution in [-0.4, -0.2) is 30.6 Å². The number of nitro benzene ring substituents is 1. The van der Waals surface area contributed by atoms with Crippen LogP contribution in [0.1, 0.15) is 30.1 Å². The van der Waals surface area contributed by atoms with Gasteiger partial charge in [-0.15, -0.1) is 12.4 Å². The summed E-state index contributed by atoms with van der Waals surface area (Å²) < 4.78 is 5.04. The smallest absolute Gasteiger partial charge is 0.338 e. The Labute approximate surface area is 124 Å². The van der Waals surface area contributed by atoms with E-state index in [-0.39, 0.29) is 18.1 Å². The number of benzene rings is 1. The number of carbonyl (C=O) groups excluding carboxylic acids is 1. The highest BCUT2D eigenvalue weighted by molar-refractivity contribution is 5.89. The molecule has 7 heteroatoms. The monoisotopic (exact) mass is 302 g/mol. The van der Waals surface area contributed by atoms with Gasteiger partial charge in [-0.25, -0.2) is 4.79 Å². The van der Waals surface area contributed by atoms with Crippen molar-refractivity contribution in [1.29, 1.82) is 0 Å². The van der Waals surface area contributed by atoms with Crippen LogP contribution in [0.25, 0.3) is 0 Å². The molecule has 0 aliphatic carbocycles. The van der Waals surface area contributed by atoms with Crippen molar-refractivity contribution in [2.24, 2.45) is 0 Å². The molecule has 1 aromatic rings. The largest absolute Gasteiger partial charge is 0.461 e. The molecule has 1 rings (SSSR count). The third-order valence-corrected chi connectivity index (χ3v) is 2.53. The Morgan fingerprint density at radius 3 is 2.50 bits per heavy atom. The standard InChI is InChI=1S/C13H18N2O4.ClH/c1-2-3-8-14-9-10-19-13(16)11-4-6-12(7-5-11)15(17)18;/h4-7,14H,2-3,8-10H2,1H3;1H. The van der Waals surface area contributed by atoms with Gasteiger partial charge in [0.25, 0.3) is 5.69 Å². The van der Waals surface area contributed by atoms with Gasteiger partial charge in [-0.05, 0) is 25.1 Å². The number of non-ortho nitro benzene ring substituents is 1. The van der Waals surface area contributed by atoms with Crippen LogP contribution in [0.5, 0.6) is 0 Å². The van der Waals surface area contributed by atoms with E-state index < -0.39 is 10.9 Å². The molecule has 1 N–H and O–H groups in total. The molecule has 0 amide bonds. The molecular weight excluding hydrogens is 284 g/mol. The molecular formula is C13H19ClN2O4. The Balaban J connectivity index is 0.00000361. The molecule has 0 aromatic heterocycles. The fourth-order valence-electron chi connectivity index (χ4n) is 1.45. The van der Waals surface area contributed by atoms with Crippen LogP contribution in [0, 0.1) is 10.1 Å². The maximum atomic E-state index is 11.6. The fourth-order valence-corrected chi connectivity index (χ4v) is 1.45. The normalized spacial score (nSPS) is 9.65. The van der Waals surface area contributed by atoms with E-state index in [9.17, 15) is 14.9 Å². The minimum atomic E-state index is -0.507. The Morgan fingerprint density at radius 1 is 1.30 bits per heavy atom. The van der Waals surface area contributed by atoms with Crippen LogP contribution in [0.2, 0.25) is 0 Å². The number of ether oxygens (including phenoxy) is 1. The SMILES string of the molecule is CCCCNCCOC(=O)c1ccc([N+](=O)[O-])cc1.Cl. The summed E-state index contributed by atoms with van der Waals surface area (Å²) in [6.07, 6.45) is 2.21. The third-order valence-electron chi connectivity index (χ3n) is 2.53. The van der Waals surface area contributed by atoms with E-state index in [2.05, 4.69) is 12.2 Å². The van der Waals surface area contributed by atoms with Gasteiger partial charge in [-0.2, -0.15) is 0 Å². The molecule has 6 nitrogen and oxygen atoms in total. The van der Waals surface area contributed by atoms with Gasteiger partial charge in [-0.1, -0.05) is 13.3 Å². The maximum absolute atomic E-state index is 11.6. The Hall–Kier alpha value is -1.66. The Morgan fingerprint density at radius 2 is 1.95 bits per heavy atom. The highest BCUT2D eigenvalue weighted by Crippen LogP contribution is 2.12. The summed E-state index contributed by atoms with van der Waals surface area (Å²) in [6.45, 7) is 3.92. The fraction of sp³-hybridized carbons (Fsp3) is 0.462. The molecule has 0 saturated heterocycles. The zero-order chi connectivity index (χ0) is 14.1. The van der Waals surface area contributed by atoms with Crippen molar-refractivity contribution in [1.82, 2.24) is 5.32 Å². The zero-order valence-corrected chi connectivity index (χ0v) is 12.1. The Bertz CT molecular complexity index is 423. The number of rotatable bonds is 8. The number of carbonyl (C=O) groups is 1. The van der Waals surface area contributed by atoms with Gasteiger partial charge < -0.3 is 10.1 Å². The van der Waals surface area contributed by atoms with E-state index in [0.717, 1.165) is 19.4 Å². The molecule has 0 radical (unpaired) electrons. The van der Waals surface area contributed by atoms with Crippen molar-refractivity contribution in [3.63, 3.8) is 0 Å². The first-order chi connectivity index (χ1) is 9.15. The topological polar surface area (TPSA) is 81.5 Å². The van der Waals surface area contributed by atoms with Crippen molar-refractivity contribution in [2.75, 3.05) is 19.7 Å². The predicted molar refractivity (Wildman–Crippen MR) is 78.4 cm³/mol. The van der Waals surface area contributed by atoms with E-state index in [1.54, 1.807) is 0 Å². The third kappa shape index (κ3) is 6.49. The van der Waals surface area contributed by atoms with Crippen LogP contribution in [0.3, 0.4) is 0 Å². The molecule has 20 heavy (non-hydrogen) atoms. The molecule has 0 heterocycles. The lowest BCUT2D eigenvalue weighted by molar-refractivity contribution is -0.384. The molecule has 0 spiro atoms. The number of hydrogen-bond donors (Lipinski definition) is 1. The summed E-state index contributed by atoms with van der Waals surface area (Å²) in [6, 6.07) is 5.36. The van der Waals surface area contributed by atoms with E-state index in [1.165, 1.54) is 24.3 Å².